The van der Waals surface area contributed by atoms with Crippen LogP contribution >= 0.6 is 11.3 Å². The number of piperidine rings is 1. The number of thiazole rings is 1. The highest BCUT2D eigenvalue weighted by Gasteiger charge is 2.43. The van der Waals surface area contributed by atoms with Crippen LogP contribution in [0.4, 0.5) is 5.82 Å². The second-order valence-electron chi connectivity index (χ2n) is 18.5. The predicted octanol–water partition coefficient (Wildman–Crippen LogP) is 8.23. The maximum atomic E-state index is 14.1. The van der Waals surface area contributed by atoms with Gasteiger partial charge in [0.15, 0.2) is 17.1 Å². The van der Waals surface area contributed by atoms with Crippen LogP contribution in [-0.2, 0) is 9.59 Å². The van der Waals surface area contributed by atoms with Crippen molar-refractivity contribution in [3.05, 3.63) is 83.2 Å². The third kappa shape index (κ3) is 11.3. The highest BCUT2D eigenvalue weighted by molar-refractivity contribution is 7.13. The molecule has 16 nitrogen and oxygen atoms in total. The number of nitrogens with two attached hydrogens (primary N) is 1. The number of benzene rings is 2. The lowest BCUT2D eigenvalue weighted by Gasteiger charge is -2.32. The molecule has 8 rings (SSSR count). The van der Waals surface area contributed by atoms with Gasteiger partial charge in [-0.05, 0) is 86.5 Å². The van der Waals surface area contributed by atoms with Gasteiger partial charge in [-0.2, -0.15) is 5.10 Å². The molecule has 4 atom stereocenters. The summed E-state index contributed by atoms with van der Waals surface area (Å²) in [4.78, 5) is 37.3. The fourth-order valence-corrected chi connectivity index (χ4v) is 10.4. The van der Waals surface area contributed by atoms with Gasteiger partial charge in [0.1, 0.15) is 17.7 Å². The van der Waals surface area contributed by atoms with Gasteiger partial charge >= 0.3 is 0 Å². The number of nitrogen functional groups attached to an aromatic ring is 1. The lowest BCUT2D eigenvalue weighted by molar-refractivity contribution is -0.141. The molecule has 17 heteroatoms. The van der Waals surface area contributed by atoms with Gasteiger partial charge in [-0.1, -0.05) is 82.3 Å². The number of carbonyl (C=O) groups excluding carboxylic acids is 2. The molecule has 0 bridgehead atoms. The summed E-state index contributed by atoms with van der Waals surface area (Å²) in [7, 11) is 0. The number of rotatable bonds is 20. The number of aryl methyl sites for hydroxylation is 1. The predicted molar refractivity (Wildman–Crippen MR) is 258 cm³/mol. The molecule has 2 aliphatic rings. The molecule has 2 aromatic carbocycles. The topological polar surface area (TPSA) is 211 Å². The van der Waals surface area contributed by atoms with Crippen molar-refractivity contribution in [2.75, 3.05) is 38.5 Å². The lowest BCUT2D eigenvalue weighted by Crippen LogP contribution is -2.48. The number of aliphatic hydroxyl groups is 1. The maximum Gasteiger partial charge on any atom is 0.254 e. The zero-order valence-corrected chi connectivity index (χ0v) is 39.8. The number of hydrogen-bond acceptors (Lipinski definition) is 14. The van der Waals surface area contributed by atoms with Gasteiger partial charge in [0.2, 0.25) is 11.8 Å². The van der Waals surface area contributed by atoms with Gasteiger partial charge in [-0.25, -0.2) is 4.98 Å². The summed E-state index contributed by atoms with van der Waals surface area (Å²) in [6, 6.07) is 17.9. The first kappa shape index (κ1) is 47.6. The maximum absolute atomic E-state index is 14.1. The lowest BCUT2D eigenvalue weighted by atomic mass is 9.91. The van der Waals surface area contributed by atoms with E-state index in [1.807, 2.05) is 80.4 Å². The van der Waals surface area contributed by atoms with Crippen molar-refractivity contribution >= 4 is 40.0 Å². The van der Waals surface area contributed by atoms with Crippen molar-refractivity contribution in [2.45, 2.75) is 122 Å². The first-order valence-corrected chi connectivity index (χ1v) is 24.7. The average Bonchev–Trinajstić information content (AvgIpc) is 4.14. The van der Waals surface area contributed by atoms with Gasteiger partial charge < -0.3 is 40.3 Å². The Morgan fingerprint density at radius 2 is 1.70 bits per heavy atom. The Kier molecular flexibility index (Phi) is 15.5. The van der Waals surface area contributed by atoms with Crippen LogP contribution in [0.25, 0.3) is 32.7 Å². The average molecular weight is 933 g/mol. The van der Waals surface area contributed by atoms with E-state index in [0.29, 0.717) is 40.8 Å². The summed E-state index contributed by atoms with van der Waals surface area (Å²) < 4.78 is 13.6. The Bertz CT molecular complexity index is 2580. The number of fused-ring (bicyclic) bond motifs is 1. The molecule has 4 aromatic heterocycles. The van der Waals surface area contributed by atoms with Crippen LogP contribution < -0.4 is 15.8 Å². The molecule has 0 spiro atoms. The number of nitrogens with zero attached hydrogens (tertiary/aromatic N) is 8. The highest BCUT2D eigenvalue weighted by Crippen LogP contribution is 2.35. The normalized spacial score (nSPS) is 17.9. The van der Waals surface area contributed by atoms with Crippen LogP contribution in [0.5, 0.6) is 11.6 Å². The zero-order chi connectivity index (χ0) is 47.0. The number of aromatic hydroxyl groups is 1. The van der Waals surface area contributed by atoms with Crippen LogP contribution in [0.1, 0.15) is 120 Å². The molecular formula is C50H64N10O6S. The molecule has 5 N–H and O–H groups in total. The van der Waals surface area contributed by atoms with Gasteiger partial charge in [-0.15, -0.1) is 21.5 Å². The Labute approximate surface area is 395 Å². The number of likely N-dealkylation sites (tertiary alicyclic amines) is 2. The Morgan fingerprint density at radius 1 is 0.970 bits per heavy atom. The first-order valence-electron chi connectivity index (χ1n) is 23.9. The molecule has 356 valence electrons. The molecule has 0 unspecified atom stereocenters. The molecular weight excluding hydrogens is 869 g/mol. The minimum Gasteiger partial charge on any atom is -0.507 e. The molecule has 2 fully saturated rings. The van der Waals surface area contributed by atoms with Crippen molar-refractivity contribution < 1.29 is 29.1 Å². The van der Waals surface area contributed by atoms with E-state index in [2.05, 4.69) is 35.7 Å². The molecule has 0 saturated carbocycles. The van der Waals surface area contributed by atoms with Gasteiger partial charge in [0.25, 0.3) is 5.88 Å². The number of phenolic OH excluding ortho intramolecular Hbond substituents is 1. The summed E-state index contributed by atoms with van der Waals surface area (Å²) in [6.07, 6.45) is 9.14. The SMILES string of the molecule is Cc1ncsc1-c1ccc([C@H](C)NC(=O)[C@@H]2C[C@@H](O)CN2C(=O)[C@@H](c2cc(OCCCCCCCCCN3CCC(n4nc(N)c5nnc(-c6ccccc6O)cc54)CC3)no2)C(C)C)cc1. The molecule has 0 radical (unpaired) electrons. The summed E-state index contributed by atoms with van der Waals surface area (Å²) in [5.41, 5.74) is 13.7. The number of aliphatic hydroxyl groups excluding tert-OH is 1. The second-order valence-corrected chi connectivity index (χ2v) is 19.4. The van der Waals surface area contributed by atoms with E-state index in [1.54, 1.807) is 29.5 Å². The molecule has 6 heterocycles. The standard InChI is InChI=1S/C50H64N10O6S/c1-31(2)45(50(64)59-29-37(61)26-41(59)49(63)53-32(3)34-16-18-35(19-17-34)47-33(4)52-30-67-47)43-28-44(57-66-43)65-25-13-9-7-5-6-8-12-22-58-23-20-36(21-24-58)60-40-27-39(38-14-10-11-15-42(38)62)54-55-46(40)48(51)56-60/h10-11,14-19,27-28,30-32,36-37,41,45,61-62H,5-9,12-13,20-26,29H2,1-4H3,(H2,51,56)(H,53,63)/t32-,37+,41-,45+/m0/s1. The van der Waals surface area contributed by atoms with Crippen molar-refractivity contribution in [1.82, 2.24) is 45.2 Å². The fourth-order valence-electron chi connectivity index (χ4n) is 9.54. The van der Waals surface area contributed by atoms with E-state index in [1.165, 1.54) is 30.6 Å². The number of unbranched alkanes of at least 4 members (excludes halogenated alkanes) is 6. The minimum absolute atomic E-state index is 0.0677. The Balaban J connectivity index is 0.718. The number of hydrogen-bond donors (Lipinski definition) is 4. The number of aromatic nitrogens is 6. The highest BCUT2D eigenvalue weighted by atomic mass is 32.1. The van der Waals surface area contributed by atoms with Crippen LogP contribution in [0, 0.1) is 12.8 Å². The Hall–Kier alpha value is -5.91. The number of nitrogens with one attached hydrogen (secondary N) is 1. The van der Waals surface area contributed by atoms with Crippen molar-refractivity contribution in [1.29, 1.82) is 0 Å². The smallest absolute Gasteiger partial charge is 0.254 e. The third-order valence-electron chi connectivity index (χ3n) is 13.3. The molecule has 67 heavy (non-hydrogen) atoms. The fraction of sp³-hybridized carbons (Fsp3) is 0.500. The van der Waals surface area contributed by atoms with Crippen molar-refractivity contribution in [3.8, 4) is 33.3 Å². The van der Waals surface area contributed by atoms with E-state index >= 15 is 0 Å². The zero-order valence-electron chi connectivity index (χ0n) is 39.0. The summed E-state index contributed by atoms with van der Waals surface area (Å²) in [6.45, 7) is 11.4. The number of carbonyl (C=O) groups is 2. The molecule has 0 aliphatic carbocycles. The minimum atomic E-state index is -0.811. The van der Waals surface area contributed by atoms with Crippen LogP contribution in [0.3, 0.4) is 0 Å². The number of amides is 2. The second kappa shape index (κ2) is 21.8. The quantitative estimate of drug-likeness (QED) is 0.0533. The number of para-hydroxylation sites is 1. The van der Waals surface area contributed by atoms with Crippen molar-refractivity contribution in [2.24, 2.45) is 5.92 Å². The summed E-state index contributed by atoms with van der Waals surface area (Å²) in [5.74, 6) is -0.162. The summed E-state index contributed by atoms with van der Waals surface area (Å²) >= 11 is 1.59. The number of ether oxygens (including phenoxy) is 1. The monoisotopic (exact) mass is 932 g/mol. The molecule has 2 saturated heterocycles. The summed E-state index contributed by atoms with van der Waals surface area (Å²) in [5, 5.41) is 41.6. The van der Waals surface area contributed by atoms with Gasteiger partial charge in [-0.3, -0.25) is 14.3 Å². The van der Waals surface area contributed by atoms with Gasteiger partial charge in [0, 0.05) is 37.7 Å². The largest absolute Gasteiger partial charge is 0.507 e. The molecule has 2 aliphatic heterocycles. The van der Waals surface area contributed by atoms with Crippen LogP contribution in [0.2, 0.25) is 0 Å². The Morgan fingerprint density at radius 3 is 2.42 bits per heavy atom. The number of phenols is 1. The van der Waals surface area contributed by atoms with E-state index in [9.17, 15) is 19.8 Å². The first-order chi connectivity index (χ1) is 32.4. The van der Waals surface area contributed by atoms with E-state index in [0.717, 1.165) is 79.0 Å². The van der Waals surface area contributed by atoms with Crippen LogP contribution in [-0.4, -0.2) is 107 Å². The van der Waals surface area contributed by atoms with E-state index in [4.69, 9.17) is 15.0 Å². The number of anilines is 1. The number of β-amino-alcohol motifs (C(OH)–C–C–N with tert-alkyl or cyclic N) is 1. The molecule has 6 aromatic rings. The molecule has 2 amide bonds. The van der Waals surface area contributed by atoms with E-state index in [-0.39, 0.29) is 48.5 Å². The third-order valence-corrected chi connectivity index (χ3v) is 14.3. The van der Waals surface area contributed by atoms with Crippen LogP contribution in [0.15, 0.2) is 70.7 Å². The van der Waals surface area contributed by atoms with Gasteiger partial charge in [0.05, 0.1) is 52.1 Å². The van der Waals surface area contributed by atoms with Crippen molar-refractivity contribution in [3.63, 3.8) is 0 Å². The van der Waals surface area contributed by atoms with E-state index < -0.39 is 18.1 Å².